The van der Waals surface area contributed by atoms with Gasteiger partial charge in [-0.1, -0.05) is 67.6 Å². The molecule has 0 atom stereocenters. The molecule has 1 amide bonds. The summed E-state index contributed by atoms with van der Waals surface area (Å²) < 4.78 is 0. The van der Waals surface area contributed by atoms with Crippen molar-refractivity contribution in [1.82, 2.24) is 4.90 Å². The first-order chi connectivity index (χ1) is 12.1. The maximum absolute atomic E-state index is 12.8. The van der Waals surface area contributed by atoms with Crippen LogP contribution in [0.5, 0.6) is 0 Å². The van der Waals surface area contributed by atoms with Crippen LogP contribution in [0.15, 0.2) is 60.7 Å². The van der Waals surface area contributed by atoms with E-state index in [0.717, 1.165) is 36.7 Å². The zero-order chi connectivity index (χ0) is 17.7. The van der Waals surface area contributed by atoms with Crippen LogP contribution >= 0.6 is 0 Å². The summed E-state index contributed by atoms with van der Waals surface area (Å²) in [5, 5.41) is 0. The maximum atomic E-state index is 12.8. The minimum absolute atomic E-state index is 0.268. The van der Waals surface area contributed by atoms with Crippen molar-refractivity contribution in [3.8, 4) is 0 Å². The standard InChI is InChI=1S/C22H28N2O/c1-18-12-15-24(16-13-18)17-14-22(21(23)25,19-8-4-2-5-9-19)20-10-6-3-7-11-20/h2-11,18H,12-17H2,1H3,(H2,23,25). The van der Waals surface area contributed by atoms with Gasteiger partial charge >= 0.3 is 0 Å². The Morgan fingerprint density at radius 2 is 1.48 bits per heavy atom. The summed E-state index contributed by atoms with van der Waals surface area (Å²) in [6.07, 6.45) is 3.19. The van der Waals surface area contributed by atoms with Crippen molar-refractivity contribution in [2.24, 2.45) is 11.7 Å². The number of piperidine rings is 1. The monoisotopic (exact) mass is 336 g/mol. The van der Waals surface area contributed by atoms with Gasteiger partial charge in [0.05, 0.1) is 5.41 Å². The van der Waals surface area contributed by atoms with Gasteiger partial charge in [-0.25, -0.2) is 0 Å². The normalized spacial score (nSPS) is 16.7. The van der Waals surface area contributed by atoms with E-state index in [1.54, 1.807) is 0 Å². The van der Waals surface area contributed by atoms with Gasteiger partial charge < -0.3 is 10.6 Å². The van der Waals surface area contributed by atoms with Gasteiger partial charge in [-0.2, -0.15) is 0 Å². The number of nitrogens with two attached hydrogens (primary N) is 1. The number of hydrogen-bond acceptors (Lipinski definition) is 2. The molecule has 3 rings (SSSR count). The molecule has 132 valence electrons. The third kappa shape index (κ3) is 3.77. The Hall–Kier alpha value is -2.13. The highest BCUT2D eigenvalue weighted by molar-refractivity contribution is 5.90. The molecule has 1 heterocycles. The molecule has 25 heavy (non-hydrogen) atoms. The van der Waals surface area contributed by atoms with E-state index in [9.17, 15) is 4.79 Å². The van der Waals surface area contributed by atoms with Crippen LogP contribution in [0, 0.1) is 5.92 Å². The molecule has 1 fully saturated rings. The number of carbonyl (C=O) groups excluding carboxylic acids is 1. The molecule has 1 aliphatic rings. The third-order valence-electron chi connectivity index (χ3n) is 5.63. The van der Waals surface area contributed by atoms with E-state index >= 15 is 0 Å². The van der Waals surface area contributed by atoms with Crippen LogP contribution in [-0.2, 0) is 10.2 Å². The molecule has 0 unspecified atom stereocenters. The molecular weight excluding hydrogens is 308 g/mol. The average Bonchev–Trinajstić information content (AvgIpc) is 2.65. The first-order valence-electron chi connectivity index (χ1n) is 9.26. The second-order valence-electron chi connectivity index (χ2n) is 7.28. The summed E-state index contributed by atoms with van der Waals surface area (Å²) in [7, 11) is 0. The lowest BCUT2D eigenvalue weighted by Gasteiger charge is -2.36. The van der Waals surface area contributed by atoms with E-state index in [1.165, 1.54) is 12.8 Å². The minimum Gasteiger partial charge on any atom is -0.369 e. The van der Waals surface area contributed by atoms with Crippen LogP contribution < -0.4 is 5.73 Å². The van der Waals surface area contributed by atoms with E-state index in [0.29, 0.717) is 6.42 Å². The molecular formula is C22H28N2O. The highest BCUT2D eigenvalue weighted by Crippen LogP contribution is 2.36. The van der Waals surface area contributed by atoms with Gasteiger partial charge in [-0.15, -0.1) is 0 Å². The fourth-order valence-corrected chi connectivity index (χ4v) is 3.92. The molecule has 0 spiro atoms. The average molecular weight is 336 g/mol. The number of carbonyl (C=O) groups is 1. The highest BCUT2D eigenvalue weighted by Gasteiger charge is 2.40. The SMILES string of the molecule is CC1CCN(CCC(C(N)=O)(c2ccccc2)c2ccccc2)CC1. The molecule has 1 aliphatic heterocycles. The van der Waals surface area contributed by atoms with Crippen molar-refractivity contribution in [1.29, 1.82) is 0 Å². The summed E-state index contributed by atoms with van der Waals surface area (Å²) in [6, 6.07) is 20.0. The predicted molar refractivity (Wildman–Crippen MR) is 102 cm³/mol. The molecule has 2 aromatic carbocycles. The summed E-state index contributed by atoms with van der Waals surface area (Å²) in [6.45, 7) is 5.43. The van der Waals surface area contributed by atoms with Crippen molar-refractivity contribution in [3.05, 3.63) is 71.8 Å². The van der Waals surface area contributed by atoms with Gasteiger partial charge in [0.1, 0.15) is 0 Å². The molecule has 0 aliphatic carbocycles. The molecule has 0 saturated carbocycles. The second kappa shape index (κ2) is 7.83. The summed E-state index contributed by atoms with van der Waals surface area (Å²) in [4.78, 5) is 15.2. The molecule has 1 saturated heterocycles. The van der Waals surface area contributed by atoms with E-state index in [-0.39, 0.29) is 5.91 Å². The zero-order valence-corrected chi connectivity index (χ0v) is 15.0. The number of nitrogens with zero attached hydrogens (tertiary/aromatic N) is 1. The van der Waals surface area contributed by atoms with Crippen LogP contribution in [0.4, 0.5) is 0 Å². The van der Waals surface area contributed by atoms with Crippen LogP contribution in [0.1, 0.15) is 37.3 Å². The lowest BCUT2D eigenvalue weighted by Crippen LogP contribution is -2.45. The van der Waals surface area contributed by atoms with E-state index < -0.39 is 5.41 Å². The summed E-state index contributed by atoms with van der Waals surface area (Å²) >= 11 is 0. The van der Waals surface area contributed by atoms with E-state index in [4.69, 9.17) is 5.73 Å². The molecule has 0 aromatic heterocycles. The Morgan fingerprint density at radius 1 is 1.00 bits per heavy atom. The van der Waals surface area contributed by atoms with Gasteiger partial charge in [0.15, 0.2) is 0 Å². The van der Waals surface area contributed by atoms with E-state index in [2.05, 4.69) is 11.8 Å². The number of benzene rings is 2. The van der Waals surface area contributed by atoms with Crippen molar-refractivity contribution < 1.29 is 4.79 Å². The van der Waals surface area contributed by atoms with Crippen molar-refractivity contribution in [2.45, 2.75) is 31.6 Å². The molecule has 2 N–H and O–H groups in total. The van der Waals surface area contributed by atoms with Gasteiger partial charge in [0.2, 0.25) is 5.91 Å². The van der Waals surface area contributed by atoms with Crippen LogP contribution in [0.2, 0.25) is 0 Å². The van der Waals surface area contributed by atoms with Gasteiger partial charge in [-0.05, 0) is 55.9 Å². The highest BCUT2D eigenvalue weighted by atomic mass is 16.1. The van der Waals surface area contributed by atoms with Crippen LogP contribution in [-0.4, -0.2) is 30.4 Å². The second-order valence-corrected chi connectivity index (χ2v) is 7.28. The zero-order valence-electron chi connectivity index (χ0n) is 15.0. The van der Waals surface area contributed by atoms with Gasteiger partial charge in [0.25, 0.3) is 0 Å². The quantitative estimate of drug-likeness (QED) is 0.876. The molecule has 3 nitrogen and oxygen atoms in total. The Labute approximate surface area is 150 Å². The third-order valence-corrected chi connectivity index (χ3v) is 5.63. The number of likely N-dealkylation sites (tertiary alicyclic amines) is 1. The largest absolute Gasteiger partial charge is 0.369 e. The lowest BCUT2D eigenvalue weighted by molar-refractivity contribution is -0.122. The molecule has 2 aromatic rings. The summed E-state index contributed by atoms with van der Waals surface area (Å²) in [5.74, 6) is 0.538. The van der Waals surface area contributed by atoms with Gasteiger partial charge in [0, 0.05) is 0 Å². The fraction of sp³-hybridized carbons (Fsp3) is 0.409. The van der Waals surface area contributed by atoms with Crippen molar-refractivity contribution >= 4 is 5.91 Å². The Morgan fingerprint density at radius 3 is 1.92 bits per heavy atom. The number of primary amides is 1. The number of rotatable bonds is 6. The number of amides is 1. The first kappa shape index (κ1) is 17.7. The Balaban J connectivity index is 1.92. The minimum atomic E-state index is -0.772. The Kier molecular flexibility index (Phi) is 5.54. The molecule has 0 radical (unpaired) electrons. The molecule has 0 bridgehead atoms. The fourth-order valence-electron chi connectivity index (χ4n) is 3.92. The topological polar surface area (TPSA) is 46.3 Å². The van der Waals surface area contributed by atoms with Gasteiger partial charge in [-0.3, -0.25) is 4.79 Å². The molecule has 3 heteroatoms. The Bertz CT molecular complexity index is 636. The lowest BCUT2D eigenvalue weighted by atomic mass is 9.71. The first-order valence-corrected chi connectivity index (χ1v) is 9.26. The van der Waals surface area contributed by atoms with Crippen LogP contribution in [0.3, 0.4) is 0 Å². The number of hydrogen-bond donors (Lipinski definition) is 1. The summed E-state index contributed by atoms with van der Waals surface area (Å²) in [5.41, 5.74) is 7.21. The van der Waals surface area contributed by atoms with Crippen LogP contribution in [0.25, 0.3) is 0 Å². The van der Waals surface area contributed by atoms with Crippen molar-refractivity contribution in [3.63, 3.8) is 0 Å². The smallest absolute Gasteiger partial charge is 0.232 e. The maximum Gasteiger partial charge on any atom is 0.232 e. The van der Waals surface area contributed by atoms with Crippen molar-refractivity contribution in [2.75, 3.05) is 19.6 Å². The predicted octanol–water partition coefficient (Wildman–Crippen LogP) is 3.58. The van der Waals surface area contributed by atoms with E-state index in [1.807, 2.05) is 60.7 Å².